The van der Waals surface area contributed by atoms with Gasteiger partial charge in [-0.15, -0.1) is 0 Å². The molecule has 1 aromatic carbocycles. The maximum atomic E-state index is 5.80. The first-order valence-electron chi connectivity index (χ1n) is 5.97. The molecule has 2 N–H and O–H groups in total. The summed E-state index contributed by atoms with van der Waals surface area (Å²) < 4.78 is 0. The van der Waals surface area contributed by atoms with E-state index in [0.717, 1.165) is 29.9 Å². The van der Waals surface area contributed by atoms with Crippen molar-refractivity contribution in [2.24, 2.45) is 5.73 Å². The highest BCUT2D eigenvalue weighted by molar-refractivity contribution is 5.58. The zero-order chi connectivity index (χ0) is 11.7. The minimum atomic E-state index is 0.337. The average Bonchev–Trinajstić information content (AvgIpc) is 2.36. The van der Waals surface area contributed by atoms with Gasteiger partial charge < -0.3 is 5.73 Å². The summed E-state index contributed by atoms with van der Waals surface area (Å²) >= 11 is 0. The van der Waals surface area contributed by atoms with Gasteiger partial charge in [-0.25, -0.2) is 9.97 Å². The van der Waals surface area contributed by atoms with E-state index >= 15 is 0 Å². The van der Waals surface area contributed by atoms with Gasteiger partial charge in [-0.1, -0.05) is 30.3 Å². The highest BCUT2D eigenvalue weighted by atomic mass is 14.9. The van der Waals surface area contributed by atoms with Crippen molar-refractivity contribution >= 4 is 0 Å². The molecule has 1 fully saturated rings. The Hall–Kier alpha value is -1.74. The molecule has 17 heavy (non-hydrogen) atoms. The van der Waals surface area contributed by atoms with E-state index < -0.39 is 0 Å². The fraction of sp³-hybridized carbons (Fsp3) is 0.286. The molecule has 1 saturated carbocycles. The van der Waals surface area contributed by atoms with Crippen LogP contribution in [0.3, 0.4) is 0 Å². The molecule has 3 heteroatoms. The normalized spacial score (nSPS) is 23.1. The van der Waals surface area contributed by atoms with E-state index in [9.17, 15) is 0 Å². The van der Waals surface area contributed by atoms with E-state index in [1.54, 1.807) is 0 Å². The summed E-state index contributed by atoms with van der Waals surface area (Å²) in [6, 6.07) is 12.5. The van der Waals surface area contributed by atoms with E-state index in [1.807, 2.05) is 30.5 Å². The van der Waals surface area contributed by atoms with E-state index in [0.29, 0.717) is 12.0 Å². The van der Waals surface area contributed by atoms with Gasteiger partial charge in [0.05, 0.1) is 5.69 Å². The largest absolute Gasteiger partial charge is 0.328 e. The number of benzene rings is 1. The minimum Gasteiger partial charge on any atom is -0.328 e. The van der Waals surface area contributed by atoms with Gasteiger partial charge in [0.15, 0.2) is 0 Å². The molecule has 0 spiro atoms. The van der Waals surface area contributed by atoms with Crippen LogP contribution >= 0.6 is 0 Å². The van der Waals surface area contributed by atoms with Crippen molar-refractivity contribution < 1.29 is 0 Å². The minimum absolute atomic E-state index is 0.337. The van der Waals surface area contributed by atoms with Crippen molar-refractivity contribution in [3.63, 3.8) is 0 Å². The van der Waals surface area contributed by atoms with Gasteiger partial charge in [0.2, 0.25) is 0 Å². The monoisotopic (exact) mass is 225 g/mol. The van der Waals surface area contributed by atoms with Crippen LogP contribution in [0.2, 0.25) is 0 Å². The molecule has 0 unspecified atom stereocenters. The van der Waals surface area contributed by atoms with Gasteiger partial charge in [0, 0.05) is 23.7 Å². The highest BCUT2D eigenvalue weighted by Gasteiger charge is 2.29. The molecule has 3 nitrogen and oxygen atoms in total. The van der Waals surface area contributed by atoms with Gasteiger partial charge in [-0.3, -0.25) is 0 Å². The fourth-order valence-electron chi connectivity index (χ4n) is 2.21. The predicted molar refractivity (Wildman–Crippen MR) is 67.4 cm³/mol. The average molecular weight is 225 g/mol. The molecule has 2 aromatic rings. The molecular formula is C14H15N3. The van der Waals surface area contributed by atoms with Crippen LogP contribution in [0, 0.1) is 0 Å². The quantitative estimate of drug-likeness (QED) is 0.853. The summed E-state index contributed by atoms with van der Waals surface area (Å²) in [6.07, 6.45) is 3.87. The summed E-state index contributed by atoms with van der Waals surface area (Å²) in [5, 5.41) is 0. The van der Waals surface area contributed by atoms with Crippen LogP contribution < -0.4 is 5.73 Å². The van der Waals surface area contributed by atoms with Crippen LogP contribution in [0.1, 0.15) is 24.6 Å². The van der Waals surface area contributed by atoms with Crippen molar-refractivity contribution in [2.45, 2.75) is 24.8 Å². The zero-order valence-corrected chi connectivity index (χ0v) is 9.58. The van der Waals surface area contributed by atoms with Crippen LogP contribution in [-0.2, 0) is 0 Å². The third kappa shape index (κ3) is 2.06. The van der Waals surface area contributed by atoms with Crippen molar-refractivity contribution in [1.29, 1.82) is 0 Å². The Morgan fingerprint density at radius 3 is 2.53 bits per heavy atom. The molecule has 1 aromatic heterocycles. The summed E-state index contributed by atoms with van der Waals surface area (Å²) in [5.41, 5.74) is 7.93. The summed E-state index contributed by atoms with van der Waals surface area (Å²) in [5.74, 6) is 1.39. The lowest BCUT2D eigenvalue weighted by atomic mass is 9.80. The second kappa shape index (κ2) is 4.26. The number of nitrogens with zero attached hydrogens (tertiary/aromatic N) is 2. The van der Waals surface area contributed by atoms with E-state index in [2.05, 4.69) is 22.1 Å². The molecular weight excluding hydrogens is 210 g/mol. The lowest BCUT2D eigenvalue weighted by Crippen LogP contribution is -2.35. The summed E-state index contributed by atoms with van der Waals surface area (Å²) in [6.45, 7) is 0. The maximum Gasteiger partial charge on any atom is 0.132 e. The van der Waals surface area contributed by atoms with Crippen LogP contribution in [0.5, 0.6) is 0 Å². The molecule has 0 bridgehead atoms. The molecule has 1 heterocycles. The van der Waals surface area contributed by atoms with Crippen LogP contribution in [0.25, 0.3) is 11.3 Å². The predicted octanol–water partition coefficient (Wildman–Crippen LogP) is 2.35. The fourth-order valence-corrected chi connectivity index (χ4v) is 2.21. The van der Waals surface area contributed by atoms with E-state index in [-0.39, 0.29) is 0 Å². The lowest BCUT2D eigenvalue weighted by Gasteiger charge is -2.31. The van der Waals surface area contributed by atoms with Gasteiger partial charge in [-0.2, -0.15) is 0 Å². The molecule has 0 aliphatic heterocycles. The Bertz CT molecular complexity index is 504. The third-order valence-corrected chi connectivity index (χ3v) is 3.28. The molecule has 1 aliphatic carbocycles. The number of rotatable bonds is 2. The van der Waals surface area contributed by atoms with Gasteiger partial charge >= 0.3 is 0 Å². The Morgan fingerprint density at radius 1 is 1.06 bits per heavy atom. The summed E-state index contributed by atoms with van der Waals surface area (Å²) in [4.78, 5) is 8.99. The van der Waals surface area contributed by atoms with Crippen molar-refractivity contribution in [2.75, 3.05) is 0 Å². The van der Waals surface area contributed by atoms with Gasteiger partial charge in [0.1, 0.15) is 5.82 Å². The molecule has 0 saturated heterocycles. The van der Waals surface area contributed by atoms with Crippen molar-refractivity contribution in [3.05, 3.63) is 48.4 Å². The first-order valence-corrected chi connectivity index (χ1v) is 5.97. The second-order valence-electron chi connectivity index (χ2n) is 4.59. The molecule has 1 aliphatic rings. The third-order valence-electron chi connectivity index (χ3n) is 3.28. The smallest absolute Gasteiger partial charge is 0.132 e. The molecule has 0 amide bonds. The Labute approximate surface area is 101 Å². The maximum absolute atomic E-state index is 5.80. The Morgan fingerprint density at radius 2 is 1.82 bits per heavy atom. The SMILES string of the molecule is NC1CC(c2nccc(-c3ccccc3)n2)C1. The zero-order valence-electron chi connectivity index (χ0n) is 9.58. The van der Waals surface area contributed by atoms with Crippen LogP contribution in [-0.4, -0.2) is 16.0 Å². The first kappa shape index (κ1) is 10.4. The molecule has 3 rings (SSSR count). The number of aromatic nitrogens is 2. The molecule has 0 atom stereocenters. The van der Waals surface area contributed by atoms with Crippen LogP contribution in [0.15, 0.2) is 42.6 Å². The second-order valence-corrected chi connectivity index (χ2v) is 4.59. The Kier molecular flexibility index (Phi) is 2.61. The van der Waals surface area contributed by atoms with Crippen LogP contribution in [0.4, 0.5) is 0 Å². The van der Waals surface area contributed by atoms with E-state index in [1.165, 1.54) is 0 Å². The number of hydrogen-bond acceptors (Lipinski definition) is 3. The first-order chi connectivity index (χ1) is 8.33. The Balaban J connectivity index is 1.89. The van der Waals surface area contributed by atoms with E-state index in [4.69, 9.17) is 5.73 Å². The molecule has 86 valence electrons. The van der Waals surface area contributed by atoms with Crippen molar-refractivity contribution in [1.82, 2.24) is 9.97 Å². The highest BCUT2D eigenvalue weighted by Crippen LogP contribution is 2.34. The van der Waals surface area contributed by atoms with Gasteiger partial charge in [-0.05, 0) is 18.9 Å². The number of hydrogen-bond donors (Lipinski definition) is 1. The summed E-state index contributed by atoms with van der Waals surface area (Å²) in [7, 11) is 0. The van der Waals surface area contributed by atoms with Crippen molar-refractivity contribution in [3.8, 4) is 11.3 Å². The van der Waals surface area contributed by atoms with Gasteiger partial charge in [0.25, 0.3) is 0 Å². The standard InChI is InChI=1S/C14H15N3/c15-12-8-11(9-12)14-16-7-6-13(17-14)10-4-2-1-3-5-10/h1-7,11-12H,8-9,15H2. The molecule has 0 radical (unpaired) electrons. The lowest BCUT2D eigenvalue weighted by molar-refractivity contribution is 0.338. The number of nitrogens with two attached hydrogens (primary N) is 1. The topological polar surface area (TPSA) is 51.8 Å².